The molecule has 0 aromatic rings. The summed E-state index contributed by atoms with van der Waals surface area (Å²) in [7, 11) is 0. The second-order valence-electron chi connectivity index (χ2n) is 7.44. The molecular formula is C19H36N4O3. The van der Waals surface area contributed by atoms with E-state index in [4.69, 9.17) is 9.73 Å². The highest BCUT2D eigenvalue weighted by Crippen LogP contribution is 2.32. The maximum absolute atomic E-state index is 12.0. The number of hydrogen-bond acceptors (Lipinski definition) is 4. The van der Waals surface area contributed by atoms with Gasteiger partial charge >= 0.3 is 0 Å². The van der Waals surface area contributed by atoms with Crippen LogP contribution >= 0.6 is 0 Å². The third-order valence-corrected chi connectivity index (χ3v) is 5.31. The zero-order valence-corrected chi connectivity index (χ0v) is 16.3. The Morgan fingerprint density at radius 3 is 2.96 bits per heavy atom. The smallest absolute Gasteiger partial charge is 0.222 e. The summed E-state index contributed by atoms with van der Waals surface area (Å²) in [6.45, 7) is 7.62. The van der Waals surface area contributed by atoms with E-state index in [1.165, 1.54) is 0 Å². The number of guanidine groups is 1. The zero-order valence-electron chi connectivity index (χ0n) is 16.3. The normalized spacial score (nSPS) is 24.6. The van der Waals surface area contributed by atoms with Gasteiger partial charge < -0.3 is 25.4 Å². The third-order valence-electron chi connectivity index (χ3n) is 5.31. The van der Waals surface area contributed by atoms with Crippen LogP contribution in [-0.4, -0.2) is 74.4 Å². The number of nitrogens with zero attached hydrogens (tertiary/aromatic N) is 2. The number of likely N-dealkylation sites (tertiary alicyclic amines) is 1. The van der Waals surface area contributed by atoms with Gasteiger partial charge in [0.15, 0.2) is 5.96 Å². The summed E-state index contributed by atoms with van der Waals surface area (Å²) in [5, 5.41) is 16.0. The van der Waals surface area contributed by atoms with E-state index in [1.54, 1.807) is 0 Å². The molecule has 3 N–H and O–H groups in total. The van der Waals surface area contributed by atoms with Crippen LogP contribution in [0.3, 0.4) is 0 Å². The van der Waals surface area contributed by atoms with E-state index in [-0.39, 0.29) is 12.0 Å². The summed E-state index contributed by atoms with van der Waals surface area (Å²) < 4.78 is 5.53. The molecule has 150 valence electrons. The average Bonchev–Trinajstić information content (AvgIpc) is 3.00. The van der Waals surface area contributed by atoms with Crippen molar-refractivity contribution in [2.24, 2.45) is 10.4 Å². The second-order valence-corrected chi connectivity index (χ2v) is 7.44. The van der Waals surface area contributed by atoms with Crippen molar-refractivity contribution in [3.8, 4) is 0 Å². The molecule has 0 saturated carbocycles. The number of ether oxygens (including phenoxy) is 1. The van der Waals surface area contributed by atoms with Crippen LogP contribution in [0.2, 0.25) is 0 Å². The predicted molar refractivity (Wildman–Crippen MR) is 103 cm³/mol. The third kappa shape index (κ3) is 6.76. The monoisotopic (exact) mass is 368 g/mol. The summed E-state index contributed by atoms with van der Waals surface area (Å²) >= 11 is 0. The number of rotatable bonds is 9. The van der Waals surface area contributed by atoms with Crippen LogP contribution in [0.25, 0.3) is 0 Å². The van der Waals surface area contributed by atoms with Crippen LogP contribution in [0.1, 0.15) is 51.9 Å². The molecule has 7 heteroatoms. The SMILES string of the molecule is CCNC(=NCC1(CCO)CCOC1)NCCCN1CCCCCC1=O. The lowest BCUT2D eigenvalue weighted by molar-refractivity contribution is -0.130. The van der Waals surface area contributed by atoms with Crippen LogP contribution in [-0.2, 0) is 9.53 Å². The number of carbonyl (C=O) groups excluding carboxylic acids is 1. The summed E-state index contributed by atoms with van der Waals surface area (Å²) in [5.74, 6) is 1.11. The van der Waals surface area contributed by atoms with Crippen LogP contribution in [0, 0.1) is 5.41 Å². The number of hydrogen-bond donors (Lipinski definition) is 3. The highest BCUT2D eigenvalue weighted by Gasteiger charge is 2.34. The first-order chi connectivity index (χ1) is 12.7. The van der Waals surface area contributed by atoms with E-state index in [1.807, 2.05) is 4.90 Å². The highest BCUT2D eigenvalue weighted by molar-refractivity contribution is 5.79. The Bertz CT molecular complexity index is 450. The van der Waals surface area contributed by atoms with Crippen LogP contribution in [0.5, 0.6) is 0 Å². The Morgan fingerprint density at radius 2 is 2.23 bits per heavy atom. The van der Waals surface area contributed by atoms with E-state index >= 15 is 0 Å². The molecule has 0 aromatic carbocycles. The fourth-order valence-corrected chi connectivity index (χ4v) is 3.63. The molecule has 0 spiro atoms. The van der Waals surface area contributed by atoms with E-state index in [9.17, 15) is 9.90 Å². The van der Waals surface area contributed by atoms with Gasteiger partial charge in [0.2, 0.25) is 5.91 Å². The van der Waals surface area contributed by atoms with Crippen molar-refractivity contribution in [2.75, 3.05) is 52.5 Å². The predicted octanol–water partition coefficient (Wildman–Crippen LogP) is 1.12. The van der Waals surface area contributed by atoms with Crippen molar-refractivity contribution in [3.05, 3.63) is 0 Å². The van der Waals surface area contributed by atoms with Gasteiger partial charge in [-0.2, -0.15) is 0 Å². The molecule has 1 atom stereocenters. The quantitative estimate of drug-likeness (QED) is 0.323. The van der Waals surface area contributed by atoms with Gasteiger partial charge in [0.25, 0.3) is 0 Å². The molecule has 0 radical (unpaired) electrons. The summed E-state index contributed by atoms with van der Waals surface area (Å²) in [5.41, 5.74) is -0.0322. The molecule has 2 fully saturated rings. The number of aliphatic hydroxyl groups excluding tert-OH is 1. The van der Waals surface area contributed by atoms with Crippen molar-refractivity contribution in [3.63, 3.8) is 0 Å². The Kier molecular flexibility index (Phi) is 9.18. The van der Waals surface area contributed by atoms with Gasteiger partial charge in [0.05, 0.1) is 13.2 Å². The number of aliphatic hydroxyl groups is 1. The van der Waals surface area contributed by atoms with Gasteiger partial charge in [-0.05, 0) is 39.0 Å². The lowest BCUT2D eigenvalue weighted by Crippen LogP contribution is -2.40. The molecule has 0 aliphatic carbocycles. The molecule has 2 saturated heterocycles. The molecule has 2 heterocycles. The lowest BCUT2D eigenvalue weighted by atomic mass is 9.84. The molecule has 7 nitrogen and oxygen atoms in total. The first-order valence-corrected chi connectivity index (χ1v) is 10.2. The summed E-state index contributed by atoms with van der Waals surface area (Å²) in [6, 6.07) is 0. The standard InChI is InChI=1S/C19H36N4O3/c1-2-20-18(22-15-19(8-13-24)9-14-26-16-19)21-10-6-12-23-11-5-3-4-7-17(23)25/h24H,2-16H2,1H3,(H2,20,21,22). The maximum atomic E-state index is 12.0. The lowest BCUT2D eigenvalue weighted by Gasteiger charge is -2.25. The molecule has 26 heavy (non-hydrogen) atoms. The molecular weight excluding hydrogens is 332 g/mol. The fraction of sp³-hybridized carbons (Fsp3) is 0.895. The van der Waals surface area contributed by atoms with E-state index in [2.05, 4.69) is 17.6 Å². The number of carbonyl (C=O) groups is 1. The number of aliphatic imine (C=N–C) groups is 1. The minimum Gasteiger partial charge on any atom is -0.396 e. The number of amides is 1. The van der Waals surface area contributed by atoms with Crippen molar-refractivity contribution in [1.29, 1.82) is 0 Å². The van der Waals surface area contributed by atoms with Crippen molar-refractivity contribution in [1.82, 2.24) is 15.5 Å². The van der Waals surface area contributed by atoms with Gasteiger partial charge in [-0.3, -0.25) is 9.79 Å². The Balaban J connectivity index is 1.77. The second kappa shape index (κ2) is 11.4. The van der Waals surface area contributed by atoms with Crippen LogP contribution in [0.15, 0.2) is 4.99 Å². The van der Waals surface area contributed by atoms with Crippen LogP contribution in [0.4, 0.5) is 0 Å². The van der Waals surface area contributed by atoms with Crippen LogP contribution < -0.4 is 10.6 Å². The average molecular weight is 369 g/mol. The molecule has 0 bridgehead atoms. The van der Waals surface area contributed by atoms with E-state index in [0.29, 0.717) is 25.5 Å². The molecule has 1 unspecified atom stereocenters. The summed E-state index contributed by atoms with van der Waals surface area (Å²) in [6.07, 6.45) is 6.62. The Labute approximate surface area is 157 Å². The Morgan fingerprint density at radius 1 is 1.35 bits per heavy atom. The summed E-state index contributed by atoms with van der Waals surface area (Å²) in [4.78, 5) is 18.8. The largest absolute Gasteiger partial charge is 0.396 e. The molecule has 2 rings (SSSR count). The highest BCUT2D eigenvalue weighted by atomic mass is 16.5. The van der Waals surface area contributed by atoms with Gasteiger partial charge in [-0.15, -0.1) is 0 Å². The molecule has 2 aliphatic rings. The molecule has 2 aliphatic heterocycles. The van der Waals surface area contributed by atoms with Crippen molar-refractivity contribution in [2.45, 2.75) is 51.9 Å². The van der Waals surface area contributed by atoms with Gasteiger partial charge in [-0.1, -0.05) is 6.42 Å². The van der Waals surface area contributed by atoms with Gasteiger partial charge in [0.1, 0.15) is 0 Å². The topological polar surface area (TPSA) is 86.2 Å². The van der Waals surface area contributed by atoms with E-state index < -0.39 is 0 Å². The number of nitrogens with one attached hydrogen (secondary N) is 2. The minimum absolute atomic E-state index is 0.0322. The van der Waals surface area contributed by atoms with Gasteiger partial charge in [0, 0.05) is 51.2 Å². The first kappa shape index (κ1) is 21.0. The van der Waals surface area contributed by atoms with Gasteiger partial charge in [-0.25, -0.2) is 0 Å². The fourth-order valence-electron chi connectivity index (χ4n) is 3.63. The van der Waals surface area contributed by atoms with Crippen molar-refractivity contribution < 1.29 is 14.6 Å². The Hall–Kier alpha value is -1.34. The maximum Gasteiger partial charge on any atom is 0.222 e. The first-order valence-electron chi connectivity index (χ1n) is 10.2. The zero-order chi connectivity index (χ0) is 18.7. The minimum atomic E-state index is -0.0322. The van der Waals surface area contributed by atoms with Crippen molar-refractivity contribution >= 4 is 11.9 Å². The van der Waals surface area contributed by atoms with E-state index in [0.717, 1.165) is 77.3 Å². The molecule has 0 aromatic heterocycles. The molecule has 1 amide bonds.